The van der Waals surface area contributed by atoms with Crippen molar-refractivity contribution < 1.29 is 14.7 Å². The highest BCUT2D eigenvalue weighted by atomic mass is 35.5. The van der Waals surface area contributed by atoms with Crippen LogP contribution in [0, 0.1) is 6.92 Å². The van der Waals surface area contributed by atoms with Gasteiger partial charge in [-0.3, -0.25) is 14.6 Å². The van der Waals surface area contributed by atoms with Crippen LogP contribution in [0.25, 0.3) is 0 Å². The zero-order valence-corrected chi connectivity index (χ0v) is 22.9. The number of carbonyl (C=O) groups is 2. The van der Waals surface area contributed by atoms with E-state index in [1.54, 1.807) is 36.4 Å². The fraction of sp³-hybridized carbons (Fsp3) is 0.300. The highest BCUT2D eigenvalue weighted by Crippen LogP contribution is 2.29. The van der Waals surface area contributed by atoms with E-state index in [1.165, 1.54) is 6.07 Å². The van der Waals surface area contributed by atoms with Crippen LogP contribution in [0.5, 0.6) is 5.75 Å². The summed E-state index contributed by atoms with van der Waals surface area (Å²) < 4.78 is 0. The van der Waals surface area contributed by atoms with Crippen molar-refractivity contribution in [2.45, 2.75) is 26.7 Å². The molecule has 4 rings (SSSR count). The quantitative estimate of drug-likeness (QED) is 0.192. The smallest absolute Gasteiger partial charge is 0.255 e. The number of phenolic OH excluding ortho intramolecular Hbond substituents is 1. The minimum absolute atomic E-state index is 0. The van der Waals surface area contributed by atoms with Crippen molar-refractivity contribution in [3.63, 3.8) is 0 Å². The van der Waals surface area contributed by atoms with Crippen molar-refractivity contribution in [1.82, 2.24) is 4.90 Å². The third-order valence-corrected chi connectivity index (χ3v) is 6.86. The van der Waals surface area contributed by atoms with Crippen LogP contribution in [0.3, 0.4) is 0 Å². The Labute approximate surface area is 230 Å². The minimum Gasteiger partial charge on any atom is -0.506 e. The monoisotopic (exact) mass is 534 g/mol. The highest BCUT2D eigenvalue weighted by molar-refractivity contribution is 6.06. The second-order valence-corrected chi connectivity index (χ2v) is 9.38. The maximum absolute atomic E-state index is 13.1. The molecule has 0 aliphatic carbocycles. The van der Waals surface area contributed by atoms with Gasteiger partial charge >= 0.3 is 0 Å². The molecule has 38 heavy (non-hydrogen) atoms. The van der Waals surface area contributed by atoms with Crippen LogP contribution in [0.15, 0.2) is 71.7 Å². The summed E-state index contributed by atoms with van der Waals surface area (Å²) in [7, 11) is 1.82. The average Bonchev–Trinajstić information content (AvgIpc) is 3.17. The van der Waals surface area contributed by atoms with E-state index in [0.29, 0.717) is 16.7 Å². The molecule has 1 aliphatic heterocycles. The number of aryl methyl sites for hydroxylation is 1. The van der Waals surface area contributed by atoms with Crippen LogP contribution in [0.2, 0.25) is 0 Å². The molecular formula is C30H35ClN4O3. The first-order valence-corrected chi connectivity index (χ1v) is 12.6. The summed E-state index contributed by atoms with van der Waals surface area (Å²) in [6.07, 6.45) is 1.10. The topological polar surface area (TPSA) is 85.2 Å². The van der Waals surface area contributed by atoms with Crippen molar-refractivity contribution in [3.05, 3.63) is 89.0 Å². The van der Waals surface area contributed by atoms with Crippen molar-refractivity contribution >= 4 is 41.3 Å². The van der Waals surface area contributed by atoms with Crippen LogP contribution in [-0.4, -0.2) is 60.8 Å². The van der Waals surface area contributed by atoms with Gasteiger partial charge in [-0.05, 0) is 56.2 Å². The molecule has 200 valence electrons. The number of anilines is 2. The van der Waals surface area contributed by atoms with Gasteiger partial charge in [0, 0.05) is 56.5 Å². The summed E-state index contributed by atoms with van der Waals surface area (Å²) >= 11 is 0. The van der Waals surface area contributed by atoms with E-state index in [0.717, 1.165) is 49.7 Å². The van der Waals surface area contributed by atoms with Gasteiger partial charge in [-0.25, -0.2) is 0 Å². The van der Waals surface area contributed by atoms with Crippen LogP contribution in [0.4, 0.5) is 11.4 Å². The Morgan fingerprint density at radius 1 is 0.921 bits per heavy atom. The Balaban J connectivity index is 0.00000400. The predicted molar refractivity (Wildman–Crippen MR) is 156 cm³/mol. The molecule has 1 fully saturated rings. The maximum Gasteiger partial charge on any atom is 0.255 e. The second-order valence-electron chi connectivity index (χ2n) is 9.38. The van der Waals surface area contributed by atoms with E-state index in [4.69, 9.17) is 0 Å². The standard InChI is InChI=1S/C30H34N4O3.ClH/c1-21-8-10-23(11-9-21)28(36)20-25-6-4-7-27(35)29(25)32-30(37)24-12-14-26(15-13-24)34-17-5-16-33(18-19-34)22(2)31-3;/h4,6-15,35H,5,16-20H2,1-3H3,(H,32,37);1H. The molecule has 3 aromatic rings. The van der Waals surface area contributed by atoms with Crippen LogP contribution >= 0.6 is 12.4 Å². The number of ketones is 1. The van der Waals surface area contributed by atoms with Gasteiger partial charge in [0.2, 0.25) is 0 Å². The first-order valence-electron chi connectivity index (χ1n) is 12.6. The second kappa shape index (κ2) is 13.1. The first kappa shape index (κ1) is 28.7. The molecule has 0 bridgehead atoms. The third kappa shape index (κ3) is 6.92. The predicted octanol–water partition coefficient (Wildman–Crippen LogP) is 5.36. The van der Waals surface area contributed by atoms with Gasteiger partial charge in [0.05, 0.1) is 11.5 Å². The molecule has 2 N–H and O–H groups in total. The van der Waals surface area contributed by atoms with Crippen LogP contribution < -0.4 is 10.2 Å². The largest absolute Gasteiger partial charge is 0.506 e. The zero-order chi connectivity index (χ0) is 26.4. The number of rotatable bonds is 6. The molecule has 0 radical (unpaired) electrons. The number of hydrogen-bond acceptors (Lipinski definition) is 5. The summed E-state index contributed by atoms with van der Waals surface area (Å²) in [5, 5.41) is 13.3. The molecule has 0 atom stereocenters. The summed E-state index contributed by atoms with van der Waals surface area (Å²) in [5.41, 5.74) is 4.04. The van der Waals surface area contributed by atoms with Crippen molar-refractivity contribution in [1.29, 1.82) is 0 Å². The maximum atomic E-state index is 13.1. The van der Waals surface area contributed by atoms with Crippen molar-refractivity contribution in [2.75, 3.05) is 43.4 Å². The van der Waals surface area contributed by atoms with Gasteiger partial charge in [-0.1, -0.05) is 42.0 Å². The molecule has 1 aliphatic rings. The summed E-state index contributed by atoms with van der Waals surface area (Å²) in [5.74, 6) is 0.563. The zero-order valence-electron chi connectivity index (χ0n) is 22.1. The number of carbonyl (C=O) groups excluding carboxylic acids is 2. The van der Waals surface area contributed by atoms with E-state index in [9.17, 15) is 14.7 Å². The van der Waals surface area contributed by atoms with Gasteiger partial charge in [0.1, 0.15) is 5.75 Å². The van der Waals surface area contributed by atoms with E-state index in [1.807, 2.05) is 45.2 Å². The minimum atomic E-state index is -0.339. The number of hydrogen-bond donors (Lipinski definition) is 2. The molecule has 0 unspecified atom stereocenters. The Hall–Kier alpha value is -3.84. The first-order chi connectivity index (χ1) is 17.9. The number of benzene rings is 3. The molecule has 7 nitrogen and oxygen atoms in total. The Morgan fingerprint density at radius 3 is 2.29 bits per heavy atom. The SMILES string of the molecule is CN=C(C)N1CCCN(c2ccc(C(=O)Nc3c(O)cccc3CC(=O)c3ccc(C)cc3)cc2)CC1.Cl. The number of nitrogens with zero attached hydrogens (tertiary/aromatic N) is 3. The molecule has 3 aromatic carbocycles. The van der Waals surface area contributed by atoms with Crippen molar-refractivity contribution in [3.8, 4) is 5.75 Å². The molecule has 0 saturated carbocycles. The number of amides is 1. The average molecular weight is 535 g/mol. The van der Waals surface area contributed by atoms with Gasteiger partial charge < -0.3 is 20.2 Å². The normalized spacial score (nSPS) is 13.9. The number of aromatic hydroxyl groups is 1. The Morgan fingerprint density at radius 2 is 1.61 bits per heavy atom. The van der Waals surface area contributed by atoms with Gasteiger partial charge in [0.25, 0.3) is 5.91 Å². The number of phenols is 1. The Bertz CT molecular complexity index is 1290. The lowest BCUT2D eigenvalue weighted by Gasteiger charge is -2.24. The van der Waals surface area contributed by atoms with E-state index >= 15 is 0 Å². The molecule has 1 amide bonds. The van der Waals surface area contributed by atoms with E-state index in [2.05, 4.69) is 20.1 Å². The fourth-order valence-corrected chi connectivity index (χ4v) is 4.54. The molecule has 8 heteroatoms. The van der Waals surface area contributed by atoms with Crippen LogP contribution in [0.1, 0.15) is 45.2 Å². The molecule has 0 spiro atoms. The van der Waals surface area contributed by atoms with Gasteiger partial charge in [-0.2, -0.15) is 0 Å². The summed E-state index contributed by atoms with van der Waals surface area (Å²) in [4.78, 5) is 34.8. The Kier molecular flexibility index (Phi) is 9.91. The summed E-state index contributed by atoms with van der Waals surface area (Å²) in [6, 6.07) is 19.8. The molecular weight excluding hydrogens is 500 g/mol. The number of para-hydroxylation sites is 1. The van der Waals surface area contributed by atoms with Gasteiger partial charge in [-0.15, -0.1) is 12.4 Å². The van der Waals surface area contributed by atoms with Gasteiger partial charge in [0.15, 0.2) is 5.78 Å². The number of halogens is 1. The van der Waals surface area contributed by atoms with Crippen molar-refractivity contribution in [2.24, 2.45) is 4.99 Å². The lowest BCUT2D eigenvalue weighted by atomic mass is 10.00. The number of Topliss-reactive ketones (excluding diaryl/α,β-unsaturated/α-hetero) is 1. The van der Waals surface area contributed by atoms with E-state index < -0.39 is 0 Å². The molecule has 0 aromatic heterocycles. The molecule has 1 saturated heterocycles. The number of aliphatic imine (C=N–C) groups is 1. The fourth-order valence-electron chi connectivity index (χ4n) is 4.54. The number of amidine groups is 1. The number of nitrogens with one attached hydrogen (secondary N) is 1. The lowest BCUT2D eigenvalue weighted by molar-refractivity contribution is 0.0989. The summed E-state index contributed by atoms with van der Waals surface area (Å²) in [6.45, 7) is 7.72. The lowest BCUT2D eigenvalue weighted by Crippen LogP contribution is -2.33. The highest BCUT2D eigenvalue weighted by Gasteiger charge is 2.18. The van der Waals surface area contributed by atoms with E-state index in [-0.39, 0.29) is 42.0 Å². The molecule has 1 heterocycles. The van der Waals surface area contributed by atoms with Crippen LogP contribution in [-0.2, 0) is 6.42 Å². The third-order valence-electron chi connectivity index (χ3n) is 6.86.